The molecule has 9 heteroatoms. The number of hydrogen-bond donors (Lipinski definition) is 1. The average Bonchev–Trinajstić information content (AvgIpc) is 2.53. The normalized spacial score (nSPS) is 12.8. The Kier molecular flexibility index (Phi) is 5.42. The molecule has 0 aliphatic heterocycles. The van der Waals surface area contributed by atoms with Gasteiger partial charge in [0.2, 0.25) is 0 Å². The van der Waals surface area contributed by atoms with Crippen LogP contribution in [0.5, 0.6) is 11.5 Å². The van der Waals surface area contributed by atoms with E-state index in [-0.39, 0.29) is 23.9 Å². The number of carbonyl (C=O) groups is 1. The van der Waals surface area contributed by atoms with Gasteiger partial charge < -0.3 is 9.84 Å². The Morgan fingerprint density at radius 3 is 1.75 bits per heavy atom. The van der Waals surface area contributed by atoms with Gasteiger partial charge in [0, 0.05) is 0 Å². The maximum absolute atomic E-state index is 12.9. The van der Waals surface area contributed by atoms with Crippen molar-refractivity contribution in [2.45, 2.75) is 38.5 Å². The third-order valence-corrected chi connectivity index (χ3v) is 3.85. The number of ether oxygens (including phenoxy) is 1. The Bertz CT molecular complexity index is 860. The van der Waals surface area contributed by atoms with Crippen molar-refractivity contribution in [1.29, 1.82) is 0 Å². The molecule has 0 saturated carbocycles. The lowest BCUT2D eigenvalue weighted by Crippen LogP contribution is -2.16. The largest absolute Gasteiger partial charge is 0.504 e. The van der Waals surface area contributed by atoms with Gasteiger partial charge in [0.15, 0.2) is 11.5 Å². The van der Waals surface area contributed by atoms with Gasteiger partial charge in [-0.1, -0.05) is 26.8 Å². The second kappa shape index (κ2) is 7.03. The molecule has 2 rings (SSSR count). The van der Waals surface area contributed by atoms with E-state index in [1.807, 2.05) is 20.8 Å². The minimum Gasteiger partial charge on any atom is -0.504 e. The van der Waals surface area contributed by atoms with Crippen LogP contribution in [0.3, 0.4) is 0 Å². The summed E-state index contributed by atoms with van der Waals surface area (Å²) in [5.74, 6) is -2.31. The van der Waals surface area contributed by atoms with Gasteiger partial charge in [-0.3, -0.25) is 0 Å². The zero-order valence-corrected chi connectivity index (χ0v) is 15.0. The molecule has 0 fully saturated rings. The number of rotatable bonds is 2. The predicted octanol–water partition coefficient (Wildman–Crippen LogP) is 5.95. The summed E-state index contributed by atoms with van der Waals surface area (Å²) >= 11 is 0. The van der Waals surface area contributed by atoms with Crippen molar-refractivity contribution >= 4 is 5.97 Å². The topological polar surface area (TPSA) is 46.5 Å². The quantitative estimate of drug-likeness (QED) is 0.381. The highest BCUT2D eigenvalue weighted by atomic mass is 19.4. The lowest BCUT2D eigenvalue weighted by atomic mass is 9.87. The van der Waals surface area contributed by atoms with Gasteiger partial charge >= 0.3 is 18.3 Å². The number of carbonyl (C=O) groups excluding carboxylic acids is 1. The molecule has 0 amide bonds. The zero-order valence-electron chi connectivity index (χ0n) is 15.0. The molecule has 2 aromatic carbocycles. The van der Waals surface area contributed by atoms with Gasteiger partial charge in [-0.25, -0.2) is 4.79 Å². The average molecular weight is 406 g/mol. The molecule has 152 valence electrons. The van der Waals surface area contributed by atoms with E-state index in [0.717, 1.165) is 0 Å². The Labute approximate surface area is 156 Å². The number of aromatic hydroxyl groups is 1. The van der Waals surface area contributed by atoms with Crippen LogP contribution in [-0.2, 0) is 17.8 Å². The maximum Gasteiger partial charge on any atom is 0.416 e. The van der Waals surface area contributed by atoms with Crippen molar-refractivity contribution in [3.05, 3.63) is 58.7 Å². The summed E-state index contributed by atoms with van der Waals surface area (Å²) in [5, 5.41) is 9.83. The molecule has 28 heavy (non-hydrogen) atoms. The van der Waals surface area contributed by atoms with Gasteiger partial charge in [0.25, 0.3) is 0 Å². The molecule has 2 aromatic rings. The molecular formula is C19H16F6O3. The first kappa shape index (κ1) is 21.6. The number of halogens is 6. The summed E-state index contributed by atoms with van der Waals surface area (Å²) in [5.41, 5.74) is -3.99. The maximum atomic E-state index is 12.9. The number of esters is 1. The van der Waals surface area contributed by atoms with Gasteiger partial charge in [-0.05, 0) is 41.3 Å². The fraction of sp³-hybridized carbons (Fsp3) is 0.316. The van der Waals surface area contributed by atoms with Gasteiger partial charge in [-0.15, -0.1) is 0 Å². The first-order valence-corrected chi connectivity index (χ1v) is 7.94. The lowest BCUT2D eigenvalue weighted by molar-refractivity contribution is -0.143. The van der Waals surface area contributed by atoms with Crippen LogP contribution in [0.2, 0.25) is 0 Å². The second-order valence-electron chi connectivity index (χ2n) is 7.12. The molecular weight excluding hydrogens is 390 g/mol. The lowest BCUT2D eigenvalue weighted by Gasteiger charge is -2.20. The monoisotopic (exact) mass is 406 g/mol. The van der Waals surface area contributed by atoms with E-state index in [1.165, 1.54) is 12.1 Å². The van der Waals surface area contributed by atoms with Gasteiger partial charge in [0.1, 0.15) is 0 Å². The minimum atomic E-state index is -5.09. The van der Waals surface area contributed by atoms with E-state index in [4.69, 9.17) is 4.74 Å². The summed E-state index contributed by atoms with van der Waals surface area (Å²) in [7, 11) is 0. The van der Waals surface area contributed by atoms with Crippen LogP contribution in [0.1, 0.15) is 47.8 Å². The molecule has 0 bridgehead atoms. The Hall–Kier alpha value is -2.71. The van der Waals surface area contributed by atoms with E-state index in [1.54, 1.807) is 6.07 Å². The predicted molar refractivity (Wildman–Crippen MR) is 88.2 cm³/mol. The van der Waals surface area contributed by atoms with E-state index in [2.05, 4.69) is 0 Å². The standard InChI is InChI=1S/C19H16F6O3/c1-17(2,3)11-4-5-14(26)15(9-11)28-16(27)10-6-12(18(20,21)22)8-13(7-10)19(23,24)25/h4-9,26H,1-3H3. The molecule has 0 aromatic heterocycles. The van der Waals surface area contributed by atoms with E-state index in [0.29, 0.717) is 5.56 Å². The Balaban J connectivity index is 2.47. The van der Waals surface area contributed by atoms with Crippen molar-refractivity contribution in [2.24, 2.45) is 0 Å². The molecule has 0 heterocycles. The van der Waals surface area contributed by atoms with E-state index >= 15 is 0 Å². The second-order valence-corrected chi connectivity index (χ2v) is 7.12. The molecule has 0 aliphatic rings. The van der Waals surface area contributed by atoms with Crippen LogP contribution in [-0.4, -0.2) is 11.1 Å². The van der Waals surface area contributed by atoms with Crippen molar-refractivity contribution in [3.63, 3.8) is 0 Å². The smallest absolute Gasteiger partial charge is 0.416 e. The fourth-order valence-electron chi connectivity index (χ4n) is 2.29. The molecule has 0 radical (unpaired) electrons. The molecule has 0 atom stereocenters. The van der Waals surface area contributed by atoms with Crippen molar-refractivity contribution in [1.82, 2.24) is 0 Å². The molecule has 3 nitrogen and oxygen atoms in total. The summed E-state index contributed by atoms with van der Waals surface area (Å²) in [6.45, 7) is 5.48. The van der Waals surface area contributed by atoms with Crippen molar-refractivity contribution in [3.8, 4) is 11.5 Å². The summed E-state index contributed by atoms with van der Waals surface area (Å²) in [6, 6.07) is 4.51. The van der Waals surface area contributed by atoms with Crippen LogP contribution in [0.15, 0.2) is 36.4 Å². The van der Waals surface area contributed by atoms with Crippen molar-refractivity contribution < 1.29 is 41.0 Å². The first-order chi connectivity index (χ1) is 12.6. The van der Waals surface area contributed by atoms with E-state index in [9.17, 15) is 36.2 Å². The highest BCUT2D eigenvalue weighted by Crippen LogP contribution is 2.37. The fourth-order valence-corrected chi connectivity index (χ4v) is 2.29. The Morgan fingerprint density at radius 1 is 0.821 bits per heavy atom. The highest BCUT2D eigenvalue weighted by Gasteiger charge is 2.37. The van der Waals surface area contributed by atoms with Crippen molar-refractivity contribution in [2.75, 3.05) is 0 Å². The molecule has 0 unspecified atom stereocenters. The third kappa shape index (κ3) is 4.96. The third-order valence-electron chi connectivity index (χ3n) is 3.85. The zero-order chi connectivity index (χ0) is 21.5. The SMILES string of the molecule is CC(C)(C)c1ccc(O)c(OC(=O)c2cc(C(F)(F)F)cc(C(F)(F)F)c2)c1. The minimum absolute atomic E-state index is 0.0888. The van der Waals surface area contributed by atoms with Crippen LogP contribution >= 0.6 is 0 Å². The molecule has 0 spiro atoms. The van der Waals surface area contributed by atoms with Crippen LogP contribution < -0.4 is 4.74 Å². The number of phenolic OH excluding ortho intramolecular Hbond substituents is 1. The number of benzene rings is 2. The van der Waals surface area contributed by atoms with Gasteiger partial charge in [0.05, 0.1) is 16.7 Å². The summed E-state index contributed by atoms with van der Waals surface area (Å²) in [6.07, 6.45) is -10.2. The first-order valence-electron chi connectivity index (χ1n) is 7.94. The number of alkyl halides is 6. The number of hydrogen-bond acceptors (Lipinski definition) is 3. The summed E-state index contributed by atoms with van der Waals surface area (Å²) < 4.78 is 82.4. The molecule has 0 aliphatic carbocycles. The summed E-state index contributed by atoms with van der Waals surface area (Å²) in [4.78, 5) is 12.2. The van der Waals surface area contributed by atoms with Crippen LogP contribution in [0, 0.1) is 0 Å². The number of phenols is 1. The van der Waals surface area contributed by atoms with E-state index < -0.39 is 46.2 Å². The molecule has 0 saturated heterocycles. The Morgan fingerprint density at radius 2 is 1.32 bits per heavy atom. The highest BCUT2D eigenvalue weighted by molar-refractivity contribution is 5.92. The van der Waals surface area contributed by atoms with Gasteiger partial charge in [-0.2, -0.15) is 26.3 Å². The molecule has 1 N–H and O–H groups in total. The van der Waals surface area contributed by atoms with Crippen LogP contribution in [0.4, 0.5) is 26.3 Å². The van der Waals surface area contributed by atoms with Crippen LogP contribution in [0.25, 0.3) is 0 Å².